The first-order valence-electron chi connectivity index (χ1n) is 6.88. The van der Waals surface area contributed by atoms with Gasteiger partial charge in [0.15, 0.2) is 0 Å². The van der Waals surface area contributed by atoms with Gasteiger partial charge < -0.3 is 0 Å². The minimum Gasteiger partial charge on any atom is -0.198 e. The fourth-order valence-corrected chi connectivity index (χ4v) is 3.28. The minimum atomic E-state index is 0.190. The van der Waals surface area contributed by atoms with Gasteiger partial charge in [-0.3, -0.25) is 0 Å². The molecule has 1 nitrogen and oxygen atoms in total. The predicted molar refractivity (Wildman–Crippen MR) is 76.7 cm³/mol. The van der Waals surface area contributed by atoms with Crippen LogP contribution in [0.2, 0.25) is 0 Å². The first-order chi connectivity index (χ1) is 9.38. The summed E-state index contributed by atoms with van der Waals surface area (Å²) in [6, 6.07) is 23.7. The lowest BCUT2D eigenvalue weighted by Gasteiger charge is -2.20. The maximum absolute atomic E-state index is 9.25. The van der Waals surface area contributed by atoms with Gasteiger partial charge in [-0.15, -0.1) is 0 Å². The third-order valence-electron chi connectivity index (χ3n) is 4.20. The molecule has 2 aromatic carbocycles. The summed E-state index contributed by atoms with van der Waals surface area (Å²) in [4.78, 5) is 0. The van der Waals surface area contributed by atoms with Crippen LogP contribution in [-0.4, -0.2) is 0 Å². The maximum atomic E-state index is 9.25. The fraction of sp³-hybridized carbons (Fsp3) is 0.278. The summed E-state index contributed by atoms with van der Waals surface area (Å²) < 4.78 is 0. The van der Waals surface area contributed by atoms with Crippen LogP contribution < -0.4 is 0 Å². The molecule has 1 saturated carbocycles. The molecule has 1 aliphatic carbocycles. The molecule has 1 aliphatic rings. The van der Waals surface area contributed by atoms with Crippen molar-refractivity contribution in [1.29, 1.82) is 5.26 Å². The van der Waals surface area contributed by atoms with Crippen LogP contribution in [0.4, 0.5) is 0 Å². The third kappa shape index (κ3) is 2.39. The van der Waals surface area contributed by atoms with Crippen LogP contribution in [0, 0.1) is 17.2 Å². The zero-order valence-electron chi connectivity index (χ0n) is 10.9. The molecule has 0 saturated heterocycles. The van der Waals surface area contributed by atoms with E-state index in [1.54, 1.807) is 0 Å². The molecule has 0 amide bonds. The lowest BCUT2D eigenvalue weighted by molar-refractivity contribution is 0.624. The summed E-state index contributed by atoms with van der Waals surface area (Å²) in [5.41, 5.74) is 2.74. The van der Waals surface area contributed by atoms with Gasteiger partial charge in [0.2, 0.25) is 0 Å². The van der Waals surface area contributed by atoms with Crippen molar-refractivity contribution in [3.05, 3.63) is 71.8 Å². The summed E-state index contributed by atoms with van der Waals surface area (Å²) >= 11 is 0. The van der Waals surface area contributed by atoms with E-state index in [4.69, 9.17) is 0 Å². The van der Waals surface area contributed by atoms with Gasteiger partial charge in [-0.2, -0.15) is 5.26 Å². The van der Waals surface area contributed by atoms with E-state index in [1.165, 1.54) is 11.1 Å². The largest absolute Gasteiger partial charge is 0.198 e. The molecule has 0 N–H and O–H groups in total. The van der Waals surface area contributed by atoms with E-state index in [0.717, 1.165) is 12.8 Å². The van der Waals surface area contributed by atoms with Gasteiger partial charge >= 0.3 is 0 Å². The first-order valence-corrected chi connectivity index (χ1v) is 6.88. The SMILES string of the molecule is N#CC1CC(c2ccccc2)C(c2ccccc2)C1. The Kier molecular flexibility index (Phi) is 3.33. The topological polar surface area (TPSA) is 23.8 Å². The quantitative estimate of drug-likeness (QED) is 0.767. The number of rotatable bonds is 2. The van der Waals surface area contributed by atoms with E-state index >= 15 is 0 Å². The first kappa shape index (κ1) is 12.0. The smallest absolute Gasteiger partial charge is 0.0656 e. The molecule has 19 heavy (non-hydrogen) atoms. The van der Waals surface area contributed by atoms with Crippen molar-refractivity contribution in [2.24, 2.45) is 5.92 Å². The second-order valence-corrected chi connectivity index (χ2v) is 5.33. The van der Waals surface area contributed by atoms with Crippen molar-refractivity contribution in [3.63, 3.8) is 0 Å². The Labute approximate surface area is 114 Å². The van der Waals surface area contributed by atoms with Crippen LogP contribution >= 0.6 is 0 Å². The standard InChI is InChI=1S/C18H17N/c19-13-14-11-17(15-7-3-1-4-8-15)18(12-14)16-9-5-2-6-10-16/h1-10,14,17-18H,11-12H2. The van der Waals surface area contributed by atoms with Crippen LogP contribution in [-0.2, 0) is 0 Å². The van der Waals surface area contributed by atoms with E-state index in [-0.39, 0.29) is 5.92 Å². The number of benzene rings is 2. The van der Waals surface area contributed by atoms with Crippen LogP contribution in [0.5, 0.6) is 0 Å². The van der Waals surface area contributed by atoms with Gasteiger partial charge in [-0.1, -0.05) is 60.7 Å². The fourth-order valence-electron chi connectivity index (χ4n) is 3.28. The Morgan fingerprint density at radius 3 is 1.53 bits per heavy atom. The molecule has 0 aliphatic heterocycles. The van der Waals surface area contributed by atoms with Gasteiger partial charge in [-0.05, 0) is 35.8 Å². The van der Waals surface area contributed by atoms with Gasteiger partial charge in [0.25, 0.3) is 0 Å². The highest BCUT2D eigenvalue weighted by Crippen LogP contribution is 2.48. The molecular formula is C18H17N. The van der Waals surface area contributed by atoms with Crippen LogP contribution in [0.3, 0.4) is 0 Å². The lowest BCUT2D eigenvalue weighted by Crippen LogP contribution is -2.04. The van der Waals surface area contributed by atoms with E-state index in [9.17, 15) is 5.26 Å². The molecule has 94 valence electrons. The number of hydrogen-bond acceptors (Lipinski definition) is 1. The highest BCUT2D eigenvalue weighted by molar-refractivity contribution is 5.31. The van der Waals surface area contributed by atoms with Crippen molar-refractivity contribution >= 4 is 0 Å². The zero-order chi connectivity index (χ0) is 13.1. The molecule has 0 radical (unpaired) electrons. The molecule has 1 fully saturated rings. The summed E-state index contributed by atoms with van der Waals surface area (Å²) in [5.74, 6) is 1.15. The van der Waals surface area contributed by atoms with Crippen molar-refractivity contribution in [2.45, 2.75) is 24.7 Å². The third-order valence-corrected chi connectivity index (χ3v) is 4.20. The second-order valence-electron chi connectivity index (χ2n) is 5.33. The van der Waals surface area contributed by atoms with Gasteiger partial charge in [0, 0.05) is 5.92 Å². The minimum absolute atomic E-state index is 0.190. The monoisotopic (exact) mass is 247 g/mol. The summed E-state index contributed by atoms with van der Waals surface area (Å²) in [5, 5.41) is 9.25. The zero-order valence-corrected chi connectivity index (χ0v) is 10.9. The van der Waals surface area contributed by atoms with E-state index < -0.39 is 0 Å². The Bertz CT molecular complexity index is 520. The molecule has 2 unspecified atom stereocenters. The number of hydrogen-bond donors (Lipinski definition) is 0. The average molecular weight is 247 g/mol. The summed E-state index contributed by atoms with van der Waals surface area (Å²) in [6.45, 7) is 0. The van der Waals surface area contributed by atoms with Crippen LogP contribution in [0.25, 0.3) is 0 Å². The highest BCUT2D eigenvalue weighted by atomic mass is 14.4. The Hall–Kier alpha value is -2.07. The molecule has 3 rings (SSSR count). The normalized spacial score (nSPS) is 25.9. The van der Waals surface area contributed by atoms with E-state index in [1.807, 2.05) is 0 Å². The molecule has 1 heteroatoms. The van der Waals surface area contributed by atoms with Gasteiger partial charge in [0.05, 0.1) is 6.07 Å². The Morgan fingerprint density at radius 2 is 1.16 bits per heavy atom. The van der Waals surface area contributed by atoms with E-state index in [0.29, 0.717) is 11.8 Å². The maximum Gasteiger partial charge on any atom is 0.0656 e. The highest BCUT2D eigenvalue weighted by Gasteiger charge is 2.35. The van der Waals surface area contributed by atoms with E-state index in [2.05, 4.69) is 66.7 Å². The van der Waals surface area contributed by atoms with Crippen molar-refractivity contribution in [3.8, 4) is 6.07 Å². The van der Waals surface area contributed by atoms with Crippen LogP contribution in [0.1, 0.15) is 35.8 Å². The lowest BCUT2D eigenvalue weighted by atomic mass is 9.84. The molecule has 0 heterocycles. The molecule has 0 spiro atoms. The summed E-state index contributed by atoms with van der Waals surface area (Å²) in [6.07, 6.45) is 1.97. The molecule has 2 aromatic rings. The Balaban J connectivity index is 1.95. The Morgan fingerprint density at radius 1 is 0.737 bits per heavy atom. The number of nitrogens with zero attached hydrogens (tertiary/aromatic N) is 1. The van der Waals surface area contributed by atoms with Crippen molar-refractivity contribution in [2.75, 3.05) is 0 Å². The van der Waals surface area contributed by atoms with Gasteiger partial charge in [0.1, 0.15) is 0 Å². The number of nitriles is 1. The van der Waals surface area contributed by atoms with Crippen molar-refractivity contribution < 1.29 is 0 Å². The molecule has 2 atom stereocenters. The molecule has 0 bridgehead atoms. The molecular weight excluding hydrogens is 230 g/mol. The van der Waals surface area contributed by atoms with Crippen LogP contribution in [0.15, 0.2) is 60.7 Å². The van der Waals surface area contributed by atoms with Crippen molar-refractivity contribution in [1.82, 2.24) is 0 Å². The predicted octanol–water partition coefficient (Wildman–Crippen LogP) is 4.49. The van der Waals surface area contributed by atoms with Gasteiger partial charge in [-0.25, -0.2) is 0 Å². The average Bonchev–Trinajstić information content (AvgIpc) is 2.93. The molecule has 0 aromatic heterocycles. The second kappa shape index (κ2) is 5.28. The summed E-state index contributed by atoms with van der Waals surface area (Å²) in [7, 11) is 0.